The third kappa shape index (κ3) is 6.41. The Balaban J connectivity index is 1.51. The maximum Gasteiger partial charge on any atom is -0.00672 e. The van der Waals surface area contributed by atoms with Crippen LogP contribution in [0.3, 0.4) is 0 Å². The fourth-order valence-corrected chi connectivity index (χ4v) is 14.4. The summed E-state index contributed by atoms with van der Waals surface area (Å²) in [6.45, 7) is 2.28. The largest absolute Gasteiger partial charge is 0.0622 e. The minimum Gasteiger partial charge on any atom is -0.0622 e. The summed E-state index contributed by atoms with van der Waals surface area (Å²) >= 11 is 0. The van der Waals surface area contributed by atoms with Gasteiger partial charge in [0.2, 0.25) is 0 Å². The summed E-state index contributed by atoms with van der Waals surface area (Å²) in [6, 6.07) is 72.1. The van der Waals surface area contributed by atoms with E-state index in [-0.39, 0.29) is 0 Å². The molecule has 0 aliphatic rings. The summed E-state index contributed by atoms with van der Waals surface area (Å²) in [5, 5.41) is 12.7. The first-order chi connectivity index (χ1) is 22.8. The highest BCUT2D eigenvalue weighted by Gasteiger charge is 2.30. The van der Waals surface area contributed by atoms with E-state index < -0.39 is 23.8 Å². The van der Waals surface area contributed by atoms with E-state index in [1.54, 1.807) is 0 Å². The van der Waals surface area contributed by atoms with Gasteiger partial charge in [0.25, 0.3) is 0 Å². The molecule has 0 saturated heterocycles. The number of aryl methyl sites for hydroxylation is 1. The molecule has 0 saturated carbocycles. The molecule has 0 heterocycles. The summed E-state index contributed by atoms with van der Waals surface area (Å²) in [4.78, 5) is 0. The molecule has 0 fully saturated rings. The van der Waals surface area contributed by atoms with Crippen LogP contribution in [0.15, 0.2) is 194 Å². The molecule has 0 atom stereocenters. The summed E-state index contributed by atoms with van der Waals surface area (Å²) in [5.74, 6) is 0. The van der Waals surface area contributed by atoms with Gasteiger partial charge in [-0.2, -0.15) is 0 Å². The number of hydrogen-bond acceptors (Lipinski definition) is 0. The Kier molecular flexibility index (Phi) is 9.61. The highest BCUT2D eigenvalue weighted by molar-refractivity contribution is 7.88. The van der Waals surface area contributed by atoms with Crippen molar-refractivity contribution in [2.75, 3.05) is 0 Å². The van der Waals surface area contributed by atoms with Crippen molar-refractivity contribution >= 4 is 71.5 Å². The fraction of sp³-hybridized carbons (Fsp3) is 0.0233. The van der Waals surface area contributed by atoms with Crippen LogP contribution in [0.5, 0.6) is 0 Å². The minimum atomic E-state index is -0.902. The summed E-state index contributed by atoms with van der Waals surface area (Å²) in [5.41, 5.74) is 1.34. The minimum absolute atomic E-state index is 0.781. The average molecular weight is 645 g/mol. The second kappa shape index (κ2) is 14.5. The Morgan fingerprint density at radius 2 is 0.478 bits per heavy atom. The van der Waals surface area contributed by atoms with Crippen molar-refractivity contribution in [3.8, 4) is 0 Å². The number of hydrogen-bond donors (Lipinski definition) is 0. The Morgan fingerprint density at radius 1 is 0.239 bits per heavy atom. The van der Waals surface area contributed by atoms with Crippen LogP contribution in [0.25, 0.3) is 0 Å². The molecular formula is C43H35P3. The molecule has 0 nitrogen and oxygen atoms in total. The zero-order valence-corrected chi connectivity index (χ0v) is 28.5. The highest BCUT2D eigenvalue weighted by atomic mass is 31.1. The van der Waals surface area contributed by atoms with Crippen LogP contribution < -0.4 is 47.7 Å². The molecule has 0 radical (unpaired) electrons. The van der Waals surface area contributed by atoms with E-state index in [2.05, 4.69) is 201 Å². The van der Waals surface area contributed by atoms with Crippen LogP contribution in [0.1, 0.15) is 5.56 Å². The molecule has 3 heteroatoms. The molecule has 0 unspecified atom stereocenters. The van der Waals surface area contributed by atoms with Crippen LogP contribution in [0.2, 0.25) is 0 Å². The molecule has 7 aromatic rings. The van der Waals surface area contributed by atoms with Crippen LogP contribution in [0.4, 0.5) is 0 Å². The van der Waals surface area contributed by atoms with E-state index in [1.165, 1.54) is 53.3 Å². The molecule has 0 bridgehead atoms. The molecule has 0 N–H and O–H groups in total. The zero-order chi connectivity index (χ0) is 31.1. The second-order valence-corrected chi connectivity index (χ2v) is 17.6. The van der Waals surface area contributed by atoms with E-state index in [9.17, 15) is 0 Å². The van der Waals surface area contributed by atoms with Gasteiger partial charge in [-0.1, -0.05) is 194 Å². The number of rotatable bonds is 9. The van der Waals surface area contributed by atoms with E-state index in [4.69, 9.17) is 0 Å². The zero-order valence-electron chi connectivity index (χ0n) is 25.8. The van der Waals surface area contributed by atoms with Crippen molar-refractivity contribution in [1.82, 2.24) is 0 Å². The first-order valence-corrected chi connectivity index (χ1v) is 19.7. The molecular weight excluding hydrogens is 609 g/mol. The fourth-order valence-electron chi connectivity index (χ4n) is 6.05. The van der Waals surface area contributed by atoms with Gasteiger partial charge in [0.1, 0.15) is 0 Å². The smallest absolute Gasteiger partial charge is 0.00672 e. The van der Waals surface area contributed by atoms with E-state index >= 15 is 0 Å². The number of benzene rings is 7. The van der Waals surface area contributed by atoms with Gasteiger partial charge in [-0.15, -0.1) is 0 Å². The summed E-state index contributed by atoms with van der Waals surface area (Å²) in [7, 11) is -2.46. The second-order valence-electron chi connectivity index (χ2n) is 11.1. The lowest BCUT2D eigenvalue weighted by Gasteiger charge is -2.31. The lowest BCUT2D eigenvalue weighted by molar-refractivity contribution is 1.52. The van der Waals surface area contributed by atoms with Crippen molar-refractivity contribution in [3.63, 3.8) is 0 Å². The van der Waals surface area contributed by atoms with Crippen LogP contribution in [-0.4, -0.2) is 0 Å². The molecule has 7 rings (SSSR count). The predicted octanol–water partition coefficient (Wildman–Crippen LogP) is 7.27. The van der Waals surface area contributed by atoms with E-state index in [1.807, 2.05) is 0 Å². The van der Waals surface area contributed by atoms with Crippen LogP contribution >= 0.6 is 23.8 Å². The first-order valence-electron chi connectivity index (χ1n) is 15.6. The maximum absolute atomic E-state index is 2.42. The molecule has 46 heavy (non-hydrogen) atoms. The molecule has 0 aromatic heterocycles. The third-order valence-electron chi connectivity index (χ3n) is 8.14. The molecule has 0 amide bonds. The predicted molar refractivity (Wildman–Crippen MR) is 207 cm³/mol. The Morgan fingerprint density at radius 3 is 0.783 bits per heavy atom. The summed E-state index contributed by atoms with van der Waals surface area (Å²) < 4.78 is 0. The SMILES string of the molecule is Cc1ccccc1P(c1ccccc1P(c1ccccc1)c1ccccc1)c1ccccc1P(c1ccccc1)c1ccccc1. The lowest BCUT2D eigenvalue weighted by Crippen LogP contribution is -2.39. The first kappa shape index (κ1) is 30.5. The van der Waals surface area contributed by atoms with Crippen molar-refractivity contribution in [2.24, 2.45) is 0 Å². The topological polar surface area (TPSA) is 0 Å². The maximum atomic E-state index is 2.42. The molecule has 0 aliphatic heterocycles. The monoisotopic (exact) mass is 644 g/mol. The Bertz CT molecular complexity index is 1800. The lowest BCUT2D eigenvalue weighted by atomic mass is 10.2. The van der Waals surface area contributed by atoms with Crippen LogP contribution in [0, 0.1) is 6.92 Å². The Labute approximate surface area is 277 Å². The molecule has 0 spiro atoms. The van der Waals surface area contributed by atoms with Crippen molar-refractivity contribution in [1.29, 1.82) is 0 Å². The highest BCUT2D eigenvalue weighted by Crippen LogP contribution is 2.42. The summed E-state index contributed by atoms with van der Waals surface area (Å²) in [6.07, 6.45) is 0. The normalized spacial score (nSPS) is 11.3. The van der Waals surface area contributed by atoms with Gasteiger partial charge in [0.15, 0.2) is 0 Å². The van der Waals surface area contributed by atoms with Crippen molar-refractivity contribution < 1.29 is 0 Å². The van der Waals surface area contributed by atoms with E-state index in [0.717, 1.165) is 0 Å². The third-order valence-corrected chi connectivity index (χ3v) is 16.2. The van der Waals surface area contributed by atoms with Gasteiger partial charge < -0.3 is 0 Å². The van der Waals surface area contributed by atoms with Crippen molar-refractivity contribution in [3.05, 3.63) is 200 Å². The van der Waals surface area contributed by atoms with Gasteiger partial charge in [-0.05, 0) is 84.0 Å². The van der Waals surface area contributed by atoms with Crippen molar-refractivity contribution in [2.45, 2.75) is 6.92 Å². The molecule has 7 aromatic carbocycles. The van der Waals surface area contributed by atoms with Gasteiger partial charge >= 0.3 is 0 Å². The quantitative estimate of drug-likeness (QED) is 0.145. The average Bonchev–Trinajstić information content (AvgIpc) is 3.13. The standard InChI is InChI=1S/C43H35P3/c1-34-20-14-15-29-39(34)46(42-32-18-16-30-40(42)44(35-21-6-2-7-22-35)36-23-8-3-9-24-36)43-33-19-17-31-41(43)45(37-25-10-4-11-26-37)38-27-12-5-13-28-38/h2-33H,1H3. The van der Waals surface area contributed by atoms with Gasteiger partial charge in [-0.25, -0.2) is 0 Å². The molecule has 222 valence electrons. The van der Waals surface area contributed by atoms with Gasteiger partial charge in [-0.3, -0.25) is 0 Å². The van der Waals surface area contributed by atoms with Crippen LogP contribution in [-0.2, 0) is 0 Å². The van der Waals surface area contributed by atoms with E-state index in [0.29, 0.717) is 0 Å². The van der Waals surface area contributed by atoms with Gasteiger partial charge in [0, 0.05) is 0 Å². The Hall–Kier alpha value is -4.17. The molecule has 0 aliphatic carbocycles. The van der Waals surface area contributed by atoms with Gasteiger partial charge in [0.05, 0.1) is 0 Å².